The molecule has 0 amide bonds. The van der Waals surface area contributed by atoms with Crippen molar-refractivity contribution in [2.45, 2.75) is 17.7 Å². The molecule has 0 saturated heterocycles. The van der Waals surface area contributed by atoms with Crippen LogP contribution in [0, 0.1) is 0 Å². The first-order valence-electron chi connectivity index (χ1n) is 8.42. The monoisotopic (exact) mass is 435 g/mol. The van der Waals surface area contributed by atoms with E-state index in [1.165, 1.54) is 35.6 Å². The molecular weight excluding hydrogens is 418 g/mol. The van der Waals surface area contributed by atoms with Crippen LogP contribution in [-0.2, 0) is 21.2 Å². The lowest BCUT2D eigenvalue weighted by molar-refractivity contribution is -0.134. The van der Waals surface area contributed by atoms with Gasteiger partial charge in [-0.3, -0.25) is 9.10 Å². The average Bonchev–Trinajstić information content (AvgIpc) is 3.20. The summed E-state index contributed by atoms with van der Waals surface area (Å²) in [6, 6.07) is 14.3. The van der Waals surface area contributed by atoms with Crippen LogP contribution in [0.4, 0.5) is 5.69 Å². The molecule has 146 valence electrons. The van der Waals surface area contributed by atoms with E-state index in [1.54, 1.807) is 35.6 Å². The van der Waals surface area contributed by atoms with Gasteiger partial charge >= 0.3 is 5.97 Å². The van der Waals surface area contributed by atoms with Crippen molar-refractivity contribution in [2.75, 3.05) is 11.4 Å². The number of ether oxygens (including phenoxy) is 1. The number of esters is 1. The Bertz CT molecular complexity index is 1030. The van der Waals surface area contributed by atoms with Gasteiger partial charge in [0.2, 0.25) is 0 Å². The van der Waals surface area contributed by atoms with Gasteiger partial charge in [0.1, 0.15) is 5.75 Å². The SMILES string of the molecule is CN(c1ccc(OC(=O)CCc2ccsc2)cc1)S(=O)(=O)c1ccc(Cl)cc1. The zero-order chi connectivity index (χ0) is 20.1. The summed E-state index contributed by atoms with van der Waals surface area (Å²) in [4.78, 5) is 12.1. The van der Waals surface area contributed by atoms with Gasteiger partial charge in [-0.2, -0.15) is 11.3 Å². The molecule has 0 unspecified atom stereocenters. The van der Waals surface area contributed by atoms with E-state index < -0.39 is 10.0 Å². The zero-order valence-corrected chi connectivity index (χ0v) is 17.4. The molecule has 5 nitrogen and oxygen atoms in total. The van der Waals surface area contributed by atoms with Crippen molar-refractivity contribution >= 4 is 44.6 Å². The number of anilines is 1. The molecule has 8 heteroatoms. The largest absolute Gasteiger partial charge is 0.427 e. The van der Waals surface area contributed by atoms with E-state index in [2.05, 4.69) is 0 Å². The van der Waals surface area contributed by atoms with Gasteiger partial charge in [0.15, 0.2) is 0 Å². The lowest BCUT2D eigenvalue weighted by Crippen LogP contribution is -2.26. The Labute approximate surface area is 173 Å². The van der Waals surface area contributed by atoms with Gasteiger partial charge in [-0.1, -0.05) is 11.6 Å². The number of sulfonamides is 1. The Balaban J connectivity index is 1.64. The summed E-state index contributed by atoms with van der Waals surface area (Å²) in [5.41, 5.74) is 1.55. The predicted molar refractivity (Wildman–Crippen MR) is 112 cm³/mol. The van der Waals surface area contributed by atoms with E-state index in [0.717, 1.165) is 5.56 Å². The molecular formula is C20H18ClNO4S2. The van der Waals surface area contributed by atoms with Crippen molar-refractivity contribution in [3.8, 4) is 5.75 Å². The molecule has 0 saturated carbocycles. The lowest BCUT2D eigenvalue weighted by atomic mass is 10.2. The fourth-order valence-electron chi connectivity index (χ4n) is 2.49. The van der Waals surface area contributed by atoms with Gasteiger partial charge in [0.25, 0.3) is 10.0 Å². The smallest absolute Gasteiger partial charge is 0.311 e. The summed E-state index contributed by atoms with van der Waals surface area (Å²) in [6.07, 6.45) is 0.909. The molecule has 0 fully saturated rings. The van der Waals surface area contributed by atoms with Crippen molar-refractivity contribution in [1.82, 2.24) is 0 Å². The molecule has 0 aliphatic rings. The van der Waals surface area contributed by atoms with Crippen molar-refractivity contribution in [3.63, 3.8) is 0 Å². The normalized spacial score (nSPS) is 11.2. The maximum absolute atomic E-state index is 12.7. The predicted octanol–water partition coefficient (Wildman–Crippen LogP) is 4.76. The second-order valence-corrected chi connectivity index (χ2v) is 9.21. The van der Waals surface area contributed by atoms with E-state index >= 15 is 0 Å². The van der Waals surface area contributed by atoms with Gasteiger partial charge in [0.05, 0.1) is 17.0 Å². The van der Waals surface area contributed by atoms with Crippen LogP contribution < -0.4 is 9.04 Å². The van der Waals surface area contributed by atoms with E-state index in [0.29, 0.717) is 22.9 Å². The van der Waals surface area contributed by atoms with Crippen molar-refractivity contribution in [2.24, 2.45) is 0 Å². The number of carbonyl (C=O) groups excluding carboxylic acids is 1. The number of benzene rings is 2. The van der Waals surface area contributed by atoms with E-state index in [9.17, 15) is 13.2 Å². The molecule has 28 heavy (non-hydrogen) atoms. The molecule has 0 atom stereocenters. The maximum Gasteiger partial charge on any atom is 0.311 e. The summed E-state index contributed by atoms with van der Waals surface area (Å²) in [5, 5.41) is 4.43. The van der Waals surface area contributed by atoms with Gasteiger partial charge in [-0.15, -0.1) is 0 Å². The summed E-state index contributed by atoms with van der Waals surface area (Å²) in [7, 11) is -2.25. The first-order chi connectivity index (χ1) is 13.4. The fraction of sp³-hybridized carbons (Fsp3) is 0.150. The number of rotatable bonds is 7. The van der Waals surface area contributed by atoms with Crippen LogP contribution in [0.3, 0.4) is 0 Å². The van der Waals surface area contributed by atoms with Gasteiger partial charge < -0.3 is 4.74 Å². The highest BCUT2D eigenvalue weighted by Crippen LogP contribution is 2.25. The van der Waals surface area contributed by atoms with Crippen LogP contribution in [0.1, 0.15) is 12.0 Å². The molecule has 0 radical (unpaired) electrons. The quantitative estimate of drug-likeness (QED) is 0.396. The second-order valence-electron chi connectivity index (χ2n) is 6.03. The number of hydrogen-bond acceptors (Lipinski definition) is 5. The van der Waals surface area contributed by atoms with Gasteiger partial charge in [-0.05, 0) is 77.3 Å². The molecule has 1 aromatic heterocycles. The van der Waals surface area contributed by atoms with E-state index in [-0.39, 0.29) is 17.3 Å². The highest BCUT2D eigenvalue weighted by atomic mass is 35.5. The maximum atomic E-state index is 12.7. The molecule has 0 N–H and O–H groups in total. The average molecular weight is 436 g/mol. The minimum Gasteiger partial charge on any atom is -0.427 e. The topological polar surface area (TPSA) is 63.7 Å². The van der Waals surface area contributed by atoms with Crippen molar-refractivity contribution in [1.29, 1.82) is 0 Å². The van der Waals surface area contributed by atoms with Crippen LogP contribution in [-0.4, -0.2) is 21.4 Å². The standard InChI is InChI=1S/C20H18ClNO4S2/c1-22(28(24,25)19-9-3-16(21)4-10-19)17-5-7-18(8-6-17)26-20(23)11-2-15-12-13-27-14-15/h3-10,12-14H,2,11H2,1H3. The highest BCUT2D eigenvalue weighted by molar-refractivity contribution is 7.92. The number of carbonyl (C=O) groups is 1. The highest BCUT2D eigenvalue weighted by Gasteiger charge is 2.21. The minimum absolute atomic E-state index is 0.142. The first-order valence-corrected chi connectivity index (χ1v) is 11.2. The fourth-order valence-corrected chi connectivity index (χ4v) is 4.52. The van der Waals surface area contributed by atoms with E-state index in [1.807, 2.05) is 16.8 Å². The third-order valence-corrected chi connectivity index (χ3v) is 6.89. The Kier molecular flexibility index (Phi) is 6.39. The Hall–Kier alpha value is -2.35. The van der Waals surface area contributed by atoms with Gasteiger partial charge in [0, 0.05) is 12.1 Å². The number of aryl methyl sites for hydroxylation is 1. The number of hydrogen-bond donors (Lipinski definition) is 0. The van der Waals surface area contributed by atoms with Crippen molar-refractivity contribution < 1.29 is 17.9 Å². The second kappa shape index (κ2) is 8.77. The Morgan fingerprint density at radius 1 is 1.07 bits per heavy atom. The first kappa shape index (κ1) is 20.4. The molecule has 0 bridgehead atoms. The number of halogens is 1. The zero-order valence-electron chi connectivity index (χ0n) is 15.0. The molecule has 0 spiro atoms. The molecule has 0 aliphatic heterocycles. The number of nitrogens with zero attached hydrogens (tertiary/aromatic N) is 1. The summed E-state index contributed by atoms with van der Waals surface area (Å²) >= 11 is 7.41. The van der Waals surface area contributed by atoms with Crippen LogP contribution in [0.2, 0.25) is 5.02 Å². The summed E-state index contributed by atoms with van der Waals surface area (Å²) in [6.45, 7) is 0. The molecule has 2 aromatic carbocycles. The van der Waals surface area contributed by atoms with Crippen molar-refractivity contribution in [3.05, 3.63) is 75.9 Å². The van der Waals surface area contributed by atoms with Crippen LogP contribution in [0.25, 0.3) is 0 Å². The van der Waals surface area contributed by atoms with Crippen LogP contribution in [0.5, 0.6) is 5.75 Å². The molecule has 1 heterocycles. The lowest BCUT2D eigenvalue weighted by Gasteiger charge is -2.19. The number of thiophene rings is 1. The third kappa shape index (κ3) is 4.92. The van der Waals surface area contributed by atoms with E-state index in [4.69, 9.17) is 16.3 Å². The molecule has 3 aromatic rings. The molecule has 3 rings (SSSR count). The van der Waals surface area contributed by atoms with Crippen LogP contribution in [0.15, 0.2) is 70.3 Å². The Morgan fingerprint density at radius 3 is 2.36 bits per heavy atom. The van der Waals surface area contributed by atoms with Gasteiger partial charge in [-0.25, -0.2) is 8.42 Å². The minimum atomic E-state index is -3.71. The molecule has 0 aliphatic carbocycles. The third-order valence-electron chi connectivity index (χ3n) is 4.10. The summed E-state index contributed by atoms with van der Waals surface area (Å²) < 4.78 is 31.9. The Morgan fingerprint density at radius 2 is 1.75 bits per heavy atom. The summed E-state index contributed by atoms with van der Waals surface area (Å²) in [5.74, 6) is 0.0393. The van der Waals surface area contributed by atoms with Crippen LogP contribution >= 0.6 is 22.9 Å².